The van der Waals surface area contributed by atoms with Crippen LogP contribution in [0.3, 0.4) is 0 Å². The van der Waals surface area contributed by atoms with Crippen LogP contribution in [0.25, 0.3) is 0 Å². The summed E-state index contributed by atoms with van der Waals surface area (Å²) >= 11 is 0. The fourth-order valence-corrected chi connectivity index (χ4v) is 3.65. The van der Waals surface area contributed by atoms with E-state index in [2.05, 4.69) is 19.1 Å². The van der Waals surface area contributed by atoms with Crippen LogP contribution in [0.1, 0.15) is 71.8 Å². The molecule has 0 radical (unpaired) electrons. The first-order valence-electron chi connectivity index (χ1n) is 16.2. The van der Waals surface area contributed by atoms with Crippen molar-refractivity contribution >= 4 is 0 Å². The lowest BCUT2D eigenvalue weighted by Crippen LogP contribution is -2.24. The van der Waals surface area contributed by atoms with Crippen LogP contribution in [0.5, 0.6) is 5.75 Å². The molecule has 0 heterocycles. The molecule has 0 aliphatic rings. The Balaban J connectivity index is 0.00000119. The molecule has 4 atom stereocenters. The van der Waals surface area contributed by atoms with Gasteiger partial charge in [-0.15, -0.1) is 0 Å². The quantitative estimate of drug-likeness (QED) is 0.0759. The second-order valence-electron chi connectivity index (χ2n) is 10.7. The molecule has 4 unspecified atom stereocenters. The summed E-state index contributed by atoms with van der Waals surface area (Å²) in [6, 6.07) is 7.91. The smallest absolute Gasteiger partial charge is 0.221 e. The number of unbranched alkanes of at least 4 members (excludes halogenated alkanes) is 5. The molecule has 0 aliphatic carbocycles. The van der Waals surface area contributed by atoms with Gasteiger partial charge in [0.25, 0.3) is 0 Å². The molecule has 0 fully saturated rings. The molecule has 1 aromatic rings. The lowest BCUT2D eigenvalue weighted by molar-refractivity contribution is -0.0859. The van der Waals surface area contributed by atoms with E-state index in [1.165, 1.54) is 44.1 Å². The van der Waals surface area contributed by atoms with Crippen molar-refractivity contribution < 1.29 is 53.6 Å². The van der Waals surface area contributed by atoms with Crippen molar-refractivity contribution in [3.8, 4) is 5.75 Å². The summed E-state index contributed by atoms with van der Waals surface area (Å²) in [5.74, 6) is 0.638. The number of rotatable bonds is 29. The van der Waals surface area contributed by atoms with Crippen LogP contribution in [0, 0.1) is 0 Å². The zero-order valence-corrected chi connectivity index (χ0v) is 27.7. The summed E-state index contributed by atoms with van der Waals surface area (Å²) in [5, 5.41) is 36.1. The highest BCUT2D eigenvalue weighted by Gasteiger charge is 2.08. The number of hydrogen-bond acceptors (Lipinski definition) is 11. The van der Waals surface area contributed by atoms with Gasteiger partial charge in [-0.2, -0.15) is 0 Å². The normalized spacial score (nSPS) is 14.0. The van der Waals surface area contributed by atoms with Crippen LogP contribution in [0.15, 0.2) is 24.3 Å². The Bertz CT molecular complexity index is 705. The molecule has 1 aromatic carbocycles. The molecule has 1 rings (SSSR count). The van der Waals surface area contributed by atoms with Gasteiger partial charge in [0, 0.05) is 0 Å². The van der Waals surface area contributed by atoms with E-state index in [1.54, 1.807) is 13.8 Å². The van der Waals surface area contributed by atoms with Crippen molar-refractivity contribution in [2.24, 2.45) is 0 Å². The average molecular weight is 635 g/mol. The molecule has 260 valence electrons. The van der Waals surface area contributed by atoms with Crippen molar-refractivity contribution in [3.63, 3.8) is 0 Å². The molecule has 0 aliphatic heterocycles. The van der Waals surface area contributed by atoms with Crippen LogP contribution in [-0.2, 0) is 34.8 Å². The number of aliphatic hydroxyl groups excluding tert-OH is 4. The highest BCUT2D eigenvalue weighted by molar-refractivity contribution is 5.27. The molecular weight excluding hydrogens is 572 g/mol. The van der Waals surface area contributed by atoms with Gasteiger partial charge in [-0.3, -0.25) is 0 Å². The van der Waals surface area contributed by atoms with Crippen LogP contribution >= 0.6 is 0 Å². The molecule has 0 spiro atoms. The molecule has 11 nitrogen and oxygen atoms in total. The third-order valence-electron chi connectivity index (χ3n) is 6.12. The molecule has 11 heteroatoms. The number of aryl methyl sites for hydroxylation is 1. The number of aliphatic hydroxyl groups is 4. The highest BCUT2D eigenvalue weighted by atomic mass is 16.6. The maximum Gasteiger partial charge on any atom is 0.221 e. The Morgan fingerprint density at radius 1 is 0.614 bits per heavy atom. The van der Waals surface area contributed by atoms with Gasteiger partial charge in [-0.1, -0.05) is 51.2 Å². The van der Waals surface area contributed by atoms with Crippen LogP contribution in [-0.4, -0.2) is 124 Å². The van der Waals surface area contributed by atoms with Gasteiger partial charge in [0.15, 0.2) is 0 Å². The minimum atomic E-state index is -1.01. The number of ether oxygens (including phenoxy) is 7. The number of benzene rings is 1. The van der Waals surface area contributed by atoms with Crippen LogP contribution in [0.4, 0.5) is 0 Å². The van der Waals surface area contributed by atoms with Gasteiger partial charge in [0.1, 0.15) is 12.4 Å². The molecular formula is C33H62O11. The maximum atomic E-state index is 9.94. The van der Waals surface area contributed by atoms with Gasteiger partial charge < -0.3 is 53.6 Å². The number of hydrogen-bond donors (Lipinski definition) is 4. The van der Waals surface area contributed by atoms with Crippen LogP contribution in [0.2, 0.25) is 0 Å². The molecule has 4 N–H and O–H groups in total. The highest BCUT2D eigenvalue weighted by Crippen LogP contribution is 2.16. The Kier molecular flexibility index (Phi) is 30.6. The summed E-state index contributed by atoms with van der Waals surface area (Å²) in [7, 11) is 0. The maximum absolute atomic E-state index is 9.94. The van der Waals surface area contributed by atoms with E-state index in [9.17, 15) is 5.11 Å². The predicted octanol–water partition coefficient (Wildman–Crippen LogP) is 3.52. The monoisotopic (exact) mass is 634 g/mol. The average Bonchev–Trinajstić information content (AvgIpc) is 3.02. The summed E-state index contributed by atoms with van der Waals surface area (Å²) in [4.78, 5) is 0. The molecule has 44 heavy (non-hydrogen) atoms. The van der Waals surface area contributed by atoms with E-state index in [4.69, 9.17) is 48.5 Å². The van der Waals surface area contributed by atoms with E-state index < -0.39 is 12.4 Å². The second-order valence-corrected chi connectivity index (χ2v) is 10.7. The predicted molar refractivity (Wildman–Crippen MR) is 170 cm³/mol. The Labute approximate surface area is 265 Å². The summed E-state index contributed by atoms with van der Waals surface area (Å²) in [5.41, 5.74) is 1.30. The van der Waals surface area contributed by atoms with Gasteiger partial charge in [0.2, 0.25) is 6.29 Å². The van der Waals surface area contributed by atoms with Crippen molar-refractivity contribution in [2.45, 2.75) is 97.2 Å². The van der Waals surface area contributed by atoms with Gasteiger partial charge in [-0.05, 0) is 51.3 Å². The molecule has 0 saturated carbocycles. The molecule has 0 aromatic heterocycles. The summed E-state index contributed by atoms with van der Waals surface area (Å²) < 4.78 is 37.1. The minimum absolute atomic E-state index is 0.0170. The summed E-state index contributed by atoms with van der Waals surface area (Å²) in [6.45, 7) is 11.5. The largest absolute Gasteiger partial charge is 0.463 e. The van der Waals surface area contributed by atoms with E-state index in [0.717, 1.165) is 6.42 Å². The third-order valence-corrected chi connectivity index (χ3v) is 6.12. The van der Waals surface area contributed by atoms with Crippen molar-refractivity contribution in [1.29, 1.82) is 0 Å². The Morgan fingerprint density at radius 2 is 1.16 bits per heavy atom. The van der Waals surface area contributed by atoms with E-state index in [1.807, 2.05) is 19.1 Å². The summed E-state index contributed by atoms with van der Waals surface area (Å²) in [6.07, 6.45) is 7.20. The third kappa shape index (κ3) is 29.3. The second kappa shape index (κ2) is 31.6. The van der Waals surface area contributed by atoms with Gasteiger partial charge in [-0.25, -0.2) is 0 Å². The molecule has 0 bridgehead atoms. The zero-order valence-electron chi connectivity index (χ0n) is 27.7. The lowest BCUT2D eigenvalue weighted by atomic mass is 10.0. The fraction of sp³-hybridized carbons (Fsp3) is 0.818. The first-order chi connectivity index (χ1) is 21.3. The zero-order chi connectivity index (χ0) is 32.7. The standard InChI is InChI=1S/C24H42O7.C9H20O4/c1-2-3-4-5-6-7-8-22-9-11-23(12-10-22)31-24(26)21-30-20-19-29-18-17-28-16-15-27-14-13-25;1-7(11)5-12-9(3)6-13-8(2)4-10/h9-12,24-26H,2-8,13-21H2,1H3;7-11H,4-6H2,1-3H3. The Morgan fingerprint density at radius 3 is 1.73 bits per heavy atom. The SMILES string of the molecule is CC(O)COC(C)COC(C)CO.CCCCCCCCc1ccc(OC(O)COCCOCCOCCOCCO)cc1. The topological polar surface area (TPSA) is 146 Å². The lowest BCUT2D eigenvalue weighted by Gasteiger charge is -2.16. The van der Waals surface area contributed by atoms with Crippen molar-refractivity contribution in [1.82, 2.24) is 0 Å². The first kappa shape index (κ1) is 42.6. The Hall–Kier alpha value is -1.38. The molecule has 0 saturated heterocycles. The van der Waals surface area contributed by atoms with E-state index in [0.29, 0.717) is 65.2 Å². The van der Waals surface area contributed by atoms with Crippen molar-refractivity contribution in [2.75, 3.05) is 79.3 Å². The first-order valence-corrected chi connectivity index (χ1v) is 16.2. The van der Waals surface area contributed by atoms with Crippen LogP contribution < -0.4 is 4.74 Å². The van der Waals surface area contributed by atoms with Gasteiger partial charge in [0.05, 0.1) is 91.0 Å². The van der Waals surface area contributed by atoms with Gasteiger partial charge >= 0.3 is 0 Å². The minimum Gasteiger partial charge on any atom is -0.463 e. The van der Waals surface area contributed by atoms with E-state index in [-0.39, 0.29) is 32.0 Å². The fourth-order valence-electron chi connectivity index (χ4n) is 3.65. The van der Waals surface area contributed by atoms with E-state index >= 15 is 0 Å². The van der Waals surface area contributed by atoms with Crippen molar-refractivity contribution in [3.05, 3.63) is 29.8 Å². The molecule has 0 amide bonds.